The van der Waals surface area contributed by atoms with E-state index in [9.17, 15) is 0 Å². The lowest BCUT2D eigenvalue weighted by atomic mass is 9.91. The summed E-state index contributed by atoms with van der Waals surface area (Å²) in [4.78, 5) is 5.35. The molecule has 1 aromatic carbocycles. The molecule has 3 unspecified atom stereocenters. The molecule has 4 rings (SSSR count). The fourth-order valence-electron chi connectivity index (χ4n) is 4.17. The second-order valence-corrected chi connectivity index (χ2v) is 6.20. The van der Waals surface area contributed by atoms with Crippen LogP contribution in [0.15, 0.2) is 24.3 Å². The number of rotatable bonds is 1. The summed E-state index contributed by atoms with van der Waals surface area (Å²) in [5.74, 6) is 0.889. The molecular weight excluding hydrogens is 234 g/mol. The third-order valence-electron chi connectivity index (χ3n) is 5.14. The Labute approximate surface area is 115 Å². The number of anilines is 1. The number of benzene rings is 1. The summed E-state index contributed by atoms with van der Waals surface area (Å²) >= 11 is 0. The Morgan fingerprint density at radius 3 is 2.95 bits per heavy atom. The molecule has 0 spiro atoms. The van der Waals surface area contributed by atoms with E-state index in [1.54, 1.807) is 0 Å². The highest BCUT2D eigenvalue weighted by atomic mass is 15.2. The van der Waals surface area contributed by atoms with E-state index in [0.717, 1.165) is 31.6 Å². The van der Waals surface area contributed by atoms with Crippen LogP contribution in [0.2, 0.25) is 0 Å². The van der Waals surface area contributed by atoms with Gasteiger partial charge in [-0.25, -0.2) is 0 Å². The molecule has 0 aliphatic carbocycles. The average molecular weight is 257 g/mol. The standard InChI is InChI=1S/C16H23N3/c1-2-4-15-13(3-1)11-17-7-10-19(15)16-6-9-18-8-5-14(16)12-18/h1-4,14,16-17H,5-12H2. The number of para-hydroxylation sites is 1. The van der Waals surface area contributed by atoms with Crippen molar-refractivity contribution in [2.24, 2.45) is 5.92 Å². The van der Waals surface area contributed by atoms with Crippen LogP contribution in [0, 0.1) is 5.92 Å². The van der Waals surface area contributed by atoms with E-state index in [1.165, 1.54) is 43.7 Å². The maximum atomic E-state index is 3.56. The van der Waals surface area contributed by atoms with Crippen molar-refractivity contribution >= 4 is 5.69 Å². The van der Waals surface area contributed by atoms with Crippen LogP contribution in [-0.2, 0) is 6.54 Å². The third-order valence-corrected chi connectivity index (χ3v) is 5.14. The van der Waals surface area contributed by atoms with Crippen LogP contribution in [0.3, 0.4) is 0 Å². The van der Waals surface area contributed by atoms with E-state index in [1.807, 2.05) is 0 Å². The highest BCUT2D eigenvalue weighted by molar-refractivity contribution is 5.55. The van der Waals surface area contributed by atoms with Crippen LogP contribution in [0.1, 0.15) is 18.4 Å². The first-order valence-corrected chi connectivity index (χ1v) is 7.69. The summed E-state index contributed by atoms with van der Waals surface area (Å²) in [6.07, 6.45) is 2.75. The zero-order chi connectivity index (χ0) is 12.7. The summed E-state index contributed by atoms with van der Waals surface area (Å²) < 4.78 is 0. The first-order chi connectivity index (χ1) is 9.42. The summed E-state index contributed by atoms with van der Waals surface area (Å²) in [6, 6.07) is 9.73. The SMILES string of the molecule is c1ccc2c(c1)CNCCN2C1CCN2CCC1C2. The molecule has 0 aromatic heterocycles. The first kappa shape index (κ1) is 11.7. The van der Waals surface area contributed by atoms with Crippen LogP contribution >= 0.6 is 0 Å². The molecule has 3 aliphatic heterocycles. The van der Waals surface area contributed by atoms with Crippen LogP contribution < -0.4 is 10.2 Å². The van der Waals surface area contributed by atoms with Gasteiger partial charge in [0.2, 0.25) is 0 Å². The van der Waals surface area contributed by atoms with Gasteiger partial charge in [-0.1, -0.05) is 18.2 Å². The monoisotopic (exact) mass is 257 g/mol. The predicted molar refractivity (Wildman–Crippen MR) is 78.4 cm³/mol. The maximum Gasteiger partial charge on any atom is 0.0414 e. The summed E-state index contributed by atoms with van der Waals surface area (Å²) in [5.41, 5.74) is 2.96. The van der Waals surface area contributed by atoms with Gasteiger partial charge in [0.05, 0.1) is 0 Å². The quantitative estimate of drug-likeness (QED) is 0.826. The smallest absolute Gasteiger partial charge is 0.0414 e. The number of hydrogen-bond donors (Lipinski definition) is 1. The van der Waals surface area contributed by atoms with E-state index < -0.39 is 0 Å². The fourth-order valence-corrected chi connectivity index (χ4v) is 4.17. The van der Waals surface area contributed by atoms with Crippen molar-refractivity contribution in [1.82, 2.24) is 10.2 Å². The van der Waals surface area contributed by atoms with E-state index >= 15 is 0 Å². The Hall–Kier alpha value is -1.06. The predicted octanol–water partition coefficient (Wildman–Crippen LogP) is 1.69. The second-order valence-electron chi connectivity index (χ2n) is 6.20. The molecule has 3 nitrogen and oxygen atoms in total. The van der Waals surface area contributed by atoms with Gasteiger partial charge in [0.25, 0.3) is 0 Å². The van der Waals surface area contributed by atoms with Gasteiger partial charge in [0, 0.05) is 44.5 Å². The molecule has 3 atom stereocenters. The Kier molecular flexibility index (Phi) is 2.97. The van der Waals surface area contributed by atoms with Gasteiger partial charge in [-0.2, -0.15) is 0 Å². The van der Waals surface area contributed by atoms with Crippen LogP contribution in [0.5, 0.6) is 0 Å². The molecule has 0 saturated carbocycles. The van der Waals surface area contributed by atoms with Crippen molar-refractivity contribution in [2.75, 3.05) is 37.6 Å². The Morgan fingerprint density at radius 2 is 1.95 bits per heavy atom. The van der Waals surface area contributed by atoms with E-state index in [4.69, 9.17) is 0 Å². The molecule has 3 heterocycles. The topological polar surface area (TPSA) is 18.5 Å². The van der Waals surface area contributed by atoms with Crippen molar-refractivity contribution < 1.29 is 0 Å². The average Bonchev–Trinajstić information content (AvgIpc) is 2.69. The molecule has 19 heavy (non-hydrogen) atoms. The molecule has 2 saturated heterocycles. The van der Waals surface area contributed by atoms with E-state index in [0.29, 0.717) is 0 Å². The minimum atomic E-state index is 0.764. The van der Waals surface area contributed by atoms with Gasteiger partial charge in [0.1, 0.15) is 0 Å². The van der Waals surface area contributed by atoms with Gasteiger partial charge in [-0.15, -0.1) is 0 Å². The van der Waals surface area contributed by atoms with Crippen LogP contribution in [-0.4, -0.2) is 43.7 Å². The number of fused-ring (bicyclic) bond motifs is 3. The van der Waals surface area contributed by atoms with Gasteiger partial charge in [-0.05, 0) is 36.9 Å². The van der Waals surface area contributed by atoms with Crippen LogP contribution in [0.25, 0.3) is 0 Å². The lowest BCUT2D eigenvalue weighted by Crippen LogP contribution is -2.48. The molecule has 0 radical (unpaired) electrons. The first-order valence-electron chi connectivity index (χ1n) is 7.69. The van der Waals surface area contributed by atoms with Crippen molar-refractivity contribution in [3.05, 3.63) is 29.8 Å². The molecule has 1 aromatic rings. The number of nitrogens with one attached hydrogen (secondary N) is 1. The van der Waals surface area contributed by atoms with Gasteiger partial charge in [-0.3, -0.25) is 0 Å². The van der Waals surface area contributed by atoms with Crippen molar-refractivity contribution in [2.45, 2.75) is 25.4 Å². The molecule has 3 aliphatic rings. The molecule has 2 bridgehead atoms. The minimum absolute atomic E-state index is 0.764. The normalized spacial score (nSPS) is 33.9. The third kappa shape index (κ3) is 2.05. The molecule has 2 fully saturated rings. The minimum Gasteiger partial charge on any atom is -0.367 e. The summed E-state index contributed by atoms with van der Waals surface area (Å²) in [6.45, 7) is 7.26. The molecular formula is C16H23N3. The summed E-state index contributed by atoms with van der Waals surface area (Å²) in [5, 5.41) is 3.56. The Morgan fingerprint density at radius 1 is 1.05 bits per heavy atom. The van der Waals surface area contributed by atoms with Gasteiger partial charge in [0.15, 0.2) is 0 Å². The van der Waals surface area contributed by atoms with Gasteiger partial charge < -0.3 is 15.1 Å². The van der Waals surface area contributed by atoms with Crippen LogP contribution in [0.4, 0.5) is 5.69 Å². The molecule has 102 valence electrons. The maximum absolute atomic E-state index is 3.56. The van der Waals surface area contributed by atoms with Crippen molar-refractivity contribution in [3.8, 4) is 0 Å². The lowest BCUT2D eigenvalue weighted by Gasteiger charge is -2.40. The fraction of sp³-hybridized carbons (Fsp3) is 0.625. The van der Waals surface area contributed by atoms with Gasteiger partial charge >= 0.3 is 0 Å². The largest absolute Gasteiger partial charge is 0.367 e. The van der Waals surface area contributed by atoms with Crippen molar-refractivity contribution in [1.29, 1.82) is 0 Å². The highest BCUT2D eigenvalue weighted by Crippen LogP contribution is 2.34. The lowest BCUT2D eigenvalue weighted by molar-refractivity contribution is 0.239. The molecule has 1 N–H and O–H groups in total. The number of piperidine rings is 1. The molecule has 3 heteroatoms. The number of nitrogens with zero attached hydrogens (tertiary/aromatic N) is 2. The number of hydrogen-bond acceptors (Lipinski definition) is 3. The van der Waals surface area contributed by atoms with E-state index in [-0.39, 0.29) is 0 Å². The van der Waals surface area contributed by atoms with Crippen molar-refractivity contribution in [3.63, 3.8) is 0 Å². The molecule has 0 amide bonds. The Bertz CT molecular complexity index is 459. The second kappa shape index (κ2) is 4.80. The highest BCUT2D eigenvalue weighted by Gasteiger charge is 2.38. The Balaban J connectivity index is 1.66. The zero-order valence-corrected chi connectivity index (χ0v) is 11.5. The summed E-state index contributed by atoms with van der Waals surface area (Å²) in [7, 11) is 0. The van der Waals surface area contributed by atoms with E-state index in [2.05, 4.69) is 39.4 Å². The zero-order valence-electron chi connectivity index (χ0n) is 11.5.